The molecule has 0 amide bonds. The molecule has 6 atom stereocenters. The number of anilines is 1. The van der Waals surface area contributed by atoms with Gasteiger partial charge in [0, 0.05) is 36.2 Å². The Kier molecular flexibility index (Phi) is 9.40. The predicted molar refractivity (Wildman–Crippen MR) is 197 cm³/mol. The van der Waals surface area contributed by atoms with Gasteiger partial charge in [-0.25, -0.2) is 4.39 Å². The van der Waals surface area contributed by atoms with Crippen molar-refractivity contribution < 1.29 is 37.9 Å². The summed E-state index contributed by atoms with van der Waals surface area (Å²) in [5, 5.41) is 23.5. The van der Waals surface area contributed by atoms with Crippen molar-refractivity contribution in [3.8, 4) is 11.6 Å². The Bertz CT molecular complexity index is 2100. The van der Waals surface area contributed by atoms with Crippen LogP contribution < -0.4 is 20.1 Å². The lowest BCUT2D eigenvalue weighted by Gasteiger charge is -2.51. The van der Waals surface area contributed by atoms with Crippen LogP contribution in [0.1, 0.15) is 81.5 Å². The van der Waals surface area contributed by atoms with Gasteiger partial charge in [0.15, 0.2) is 28.7 Å². The van der Waals surface area contributed by atoms with Gasteiger partial charge < -0.3 is 29.7 Å². The molecule has 3 aliphatic carbocycles. The maximum Gasteiger partial charge on any atom is 0.265 e. The van der Waals surface area contributed by atoms with Crippen LogP contribution in [0.5, 0.6) is 11.6 Å². The molecule has 8 rings (SSSR count). The molecule has 2 heterocycles. The summed E-state index contributed by atoms with van der Waals surface area (Å²) in [5.74, 6) is -5.47. The number of benzene rings is 3. The number of ketones is 3. The minimum absolute atomic E-state index is 0.0152. The lowest BCUT2D eigenvalue weighted by Crippen LogP contribution is -2.66. The second-order valence-electron chi connectivity index (χ2n) is 15.7. The van der Waals surface area contributed by atoms with E-state index < -0.39 is 52.6 Å². The van der Waals surface area contributed by atoms with Gasteiger partial charge in [0.1, 0.15) is 24.6 Å². The van der Waals surface area contributed by atoms with E-state index in [1.165, 1.54) is 0 Å². The van der Waals surface area contributed by atoms with Crippen LogP contribution in [0.4, 0.5) is 10.1 Å². The number of fused-ring (bicyclic) bond motifs is 5. The number of hydrogen-bond acceptors (Lipinski definition) is 11. The van der Waals surface area contributed by atoms with Crippen molar-refractivity contribution in [3.63, 3.8) is 0 Å². The molecule has 1 fully saturated rings. The number of nitrogens with zero attached hydrogens (tertiary/aromatic N) is 2. The number of nitrogens with one attached hydrogen (secondary N) is 2. The first-order chi connectivity index (χ1) is 26.0. The van der Waals surface area contributed by atoms with E-state index in [0.717, 1.165) is 17.5 Å². The Labute approximate surface area is 313 Å². The standard InChI is InChI=1S/C42H45FN4O7/c1-22(2)15-26-18-45-34-28(19-44-26)33(43)27-16-25-17-29-35(47(3)4)38-32(41(46-54-38)53-21-24-13-9-6-10-14-24)40(50)42(29,51)39(49)30(25)36(48)31(27)37(34)52-20-23-11-7-5-8-12-23/h5-14,22,25-26,29-30,35,44-45,51H,15-21H2,1-4H3. The van der Waals surface area contributed by atoms with Crippen LogP contribution in [0.2, 0.25) is 0 Å². The molecule has 54 heavy (non-hydrogen) atoms. The summed E-state index contributed by atoms with van der Waals surface area (Å²) in [6, 6.07) is 18.0. The van der Waals surface area contributed by atoms with Crippen molar-refractivity contribution in [1.29, 1.82) is 0 Å². The number of ether oxygens (including phenoxy) is 2. The van der Waals surface area contributed by atoms with Crippen molar-refractivity contribution in [2.75, 3.05) is 26.0 Å². The molecule has 0 radical (unpaired) electrons. The number of halogens is 1. The fraction of sp³-hybridized carbons (Fsp3) is 0.429. The minimum atomic E-state index is -2.59. The van der Waals surface area contributed by atoms with Crippen LogP contribution >= 0.6 is 0 Å². The highest BCUT2D eigenvalue weighted by molar-refractivity contribution is 6.27. The van der Waals surface area contributed by atoms with Crippen LogP contribution in [0.25, 0.3) is 0 Å². The Morgan fingerprint density at radius 1 is 0.981 bits per heavy atom. The molecular weight excluding hydrogens is 691 g/mol. The molecule has 1 saturated carbocycles. The van der Waals surface area contributed by atoms with Crippen molar-refractivity contribution in [1.82, 2.24) is 15.4 Å². The Morgan fingerprint density at radius 3 is 2.30 bits per heavy atom. The maximum absolute atomic E-state index is 16.9. The fourth-order valence-electron chi connectivity index (χ4n) is 9.11. The van der Waals surface area contributed by atoms with Gasteiger partial charge >= 0.3 is 0 Å². The zero-order valence-corrected chi connectivity index (χ0v) is 30.9. The van der Waals surface area contributed by atoms with Gasteiger partial charge in [0.25, 0.3) is 5.88 Å². The Balaban J connectivity index is 1.20. The molecule has 3 N–H and O–H groups in total. The third-order valence-electron chi connectivity index (χ3n) is 11.6. The first kappa shape index (κ1) is 36.1. The number of hydrogen-bond donors (Lipinski definition) is 3. The van der Waals surface area contributed by atoms with Crippen LogP contribution in [-0.4, -0.2) is 64.8 Å². The molecule has 12 heteroatoms. The lowest BCUT2D eigenvalue weighted by molar-refractivity contribution is -0.153. The number of carbonyl (C=O) groups is 3. The zero-order valence-electron chi connectivity index (χ0n) is 30.9. The van der Waals surface area contributed by atoms with Crippen LogP contribution in [0.15, 0.2) is 65.2 Å². The topological polar surface area (TPSA) is 143 Å². The monoisotopic (exact) mass is 736 g/mol. The molecule has 4 aromatic rings. The van der Waals surface area contributed by atoms with Gasteiger partial charge in [-0.15, -0.1) is 0 Å². The second-order valence-corrected chi connectivity index (χ2v) is 15.7. The summed E-state index contributed by atoms with van der Waals surface area (Å²) in [5.41, 5.74) is -0.116. The van der Waals surface area contributed by atoms with E-state index in [4.69, 9.17) is 14.0 Å². The van der Waals surface area contributed by atoms with Crippen LogP contribution in [0, 0.1) is 29.5 Å². The molecule has 0 spiro atoms. The second kappa shape index (κ2) is 14.1. The number of aliphatic hydroxyl groups is 1. The molecule has 0 bridgehead atoms. The van der Waals surface area contributed by atoms with Gasteiger partial charge in [-0.2, -0.15) is 0 Å². The quantitative estimate of drug-likeness (QED) is 0.182. The van der Waals surface area contributed by atoms with E-state index in [9.17, 15) is 19.5 Å². The molecule has 1 aromatic heterocycles. The van der Waals surface area contributed by atoms with E-state index in [0.29, 0.717) is 23.7 Å². The molecule has 6 unspecified atom stereocenters. The molecular formula is C42H45FN4O7. The molecule has 282 valence electrons. The summed E-state index contributed by atoms with van der Waals surface area (Å²) < 4.78 is 35.1. The van der Waals surface area contributed by atoms with Crippen molar-refractivity contribution in [2.45, 2.75) is 70.6 Å². The predicted octanol–water partition coefficient (Wildman–Crippen LogP) is 5.69. The summed E-state index contributed by atoms with van der Waals surface area (Å²) in [7, 11) is 3.51. The summed E-state index contributed by atoms with van der Waals surface area (Å²) in [6.07, 6.45) is 0.979. The molecule has 1 aliphatic heterocycles. The first-order valence-corrected chi connectivity index (χ1v) is 18.7. The summed E-state index contributed by atoms with van der Waals surface area (Å²) in [6.45, 7) is 5.13. The summed E-state index contributed by atoms with van der Waals surface area (Å²) in [4.78, 5) is 46.0. The lowest BCUT2D eigenvalue weighted by atomic mass is 9.54. The minimum Gasteiger partial charge on any atom is -0.486 e. The number of rotatable bonds is 9. The number of carbonyl (C=O) groups excluding carboxylic acids is 3. The third-order valence-corrected chi connectivity index (χ3v) is 11.6. The van der Waals surface area contributed by atoms with Crippen LogP contribution in [-0.2, 0) is 31.0 Å². The Hall–Kier alpha value is -4.91. The van der Waals surface area contributed by atoms with Gasteiger partial charge in [-0.1, -0.05) is 74.5 Å². The maximum atomic E-state index is 16.9. The van der Waals surface area contributed by atoms with Crippen molar-refractivity contribution in [3.05, 3.63) is 106 Å². The molecule has 4 aliphatic rings. The highest BCUT2D eigenvalue weighted by Gasteiger charge is 2.67. The highest BCUT2D eigenvalue weighted by Crippen LogP contribution is 2.56. The van der Waals surface area contributed by atoms with Gasteiger partial charge in [0.2, 0.25) is 5.78 Å². The van der Waals surface area contributed by atoms with E-state index in [-0.39, 0.29) is 72.7 Å². The molecule has 3 aromatic carbocycles. The molecule has 11 nitrogen and oxygen atoms in total. The first-order valence-electron chi connectivity index (χ1n) is 18.7. The van der Waals surface area contributed by atoms with Crippen LogP contribution in [0.3, 0.4) is 0 Å². The average molecular weight is 737 g/mol. The average Bonchev–Trinajstić information content (AvgIpc) is 3.46. The smallest absolute Gasteiger partial charge is 0.265 e. The molecule has 0 saturated heterocycles. The normalized spacial score (nSPS) is 25.9. The number of aromatic nitrogens is 1. The van der Waals surface area contributed by atoms with Gasteiger partial charge in [-0.3, -0.25) is 19.3 Å². The van der Waals surface area contributed by atoms with E-state index >= 15 is 4.39 Å². The van der Waals surface area contributed by atoms with E-state index in [2.05, 4.69) is 29.6 Å². The SMILES string of the molecule is CC(C)CC1CNc2c(c(F)c3c(c2OCc2ccccc2)C(=O)C2C(=O)C4(O)C(=O)c5c(OCc6ccccc6)noc5C(N(C)C)C4CC2C3)CN1. The number of Topliss-reactive ketones (excluding diaryl/α,β-unsaturated/α-hetero) is 3. The van der Waals surface area contributed by atoms with E-state index in [1.54, 1.807) is 19.0 Å². The zero-order chi connectivity index (χ0) is 37.9. The van der Waals surface area contributed by atoms with E-state index in [1.807, 2.05) is 60.7 Å². The van der Waals surface area contributed by atoms with Crippen molar-refractivity contribution >= 4 is 23.0 Å². The fourth-order valence-corrected chi connectivity index (χ4v) is 9.11. The van der Waals surface area contributed by atoms with Crippen molar-refractivity contribution in [2.24, 2.45) is 23.7 Å². The van der Waals surface area contributed by atoms with Gasteiger partial charge in [-0.05, 0) is 61.5 Å². The Morgan fingerprint density at radius 2 is 1.65 bits per heavy atom. The largest absolute Gasteiger partial charge is 0.486 e. The van der Waals surface area contributed by atoms with Gasteiger partial charge in [0.05, 0.1) is 23.2 Å². The summed E-state index contributed by atoms with van der Waals surface area (Å²) >= 11 is 0. The third kappa shape index (κ3) is 5.91. The highest BCUT2D eigenvalue weighted by atomic mass is 19.1.